The van der Waals surface area contributed by atoms with E-state index in [1.165, 1.54) is 57.9 Å². The molecule has 1 unspecified atom stereocenters. The average Bonchev–Trinajstić information content (AvgIpc) is 3.12. The van der Waals surface area contributed by atoms with Gasteiger partial charge >= 0.3 is 0 Å². The molecule has 1 atom stereocenters. The number of unbranched alkanes of at least 4 members (excludes halogenated alkanes) is 4. The van der Waals surface area contributed by atoms with Gasteiger partial charge in [-0.15, -0.1) is 0 Å². The third kappa shape index (κ3) is 5.39. The van der Waals surface area contributed by atoms with Crippen molar-refractivity contribution in [2.24, 2.45) is 11.7 Å². The smallest absolute Gasteiger partial charge is 0.0300 e. The van der Waals surface area contributed by atoms with E-state index in [1.807, 2.05) is 0 Å². The van der Waals surface area contributed by atoms with E-state index >= 15 is 0 Å². The van der Waals surface area contributed by atoms with E-state index in [4.69, 9.17) is 5.73 Å². The summed E-state index contributed by atoms with van der Waals surface area (Å²) in [5.41, 5.74) is 6.23. The molecule has 1 saturated carbocycles. The zero-order valence-corrected chi connectivity index (χ0v) is 12.2. The van der Waals surface area contributed by atoms with Crippen LogP contribution < -0.4 is 5.73 Å². The van der Waals surface area contributed by atoms with E-state index in [9.17, 15) is 0 Å². The molecule has 1 rings (SSSR count). The van der Waals surface area contributed by atoms with Crippen molar-refractivity contribution in [3.63, 3.8) is 0 Å². The lowest BCUT2D eigenvalue weighted by Crippen LogP contribution is -2.50. The van der Waals surface area contributed by atoms with Crippen LogP contribution in [0.2, 0.25) is 0 Å². The second kappa shape index (κ2) is 7.38. The van der Waals surface area contributed by atoms with E-state index in [0.29, 0.717) is 0 Å². The SMILES string of the molecule is CCCCCCCC(C)(CN)N(C)CC1CC1. The molecule has 17 heavy (non-hydrogen) atoms. The maximum atomic E-state index is 6.00. The Kier molecular flexibility index (Phi) is 6.50. The van der Waals surface area contributed by atoms with E-state index in [-0.39, 0.29) is 5.54 Å². The molecule has 0 spiro atoms. The van der Waals surface area contributed by atoms with Crippen molar-refractivity contribution < 1.29 is 0 Å². The molecular formula is C15H32N2. The lowest BCUT2D eigenvalue weighted by Gasteiger charge is -2.38. The minimum Gasteiger partial charge on any atom is -0.329 e. The van der Waals surface area contributed by atoms with Gasteiger partial charge in [0.15, 0.2) is 0 Å². The molecule has 0 aromatic rings. The van der Waals surface area contributed by atoms with Crippen LogP contribution in [0.15, 0.2) is 0 Å². The van der Waals surface area contributed by atoms with Crippen LogP contribution >= 0.6 is 0 Å². The molecule has 0 radical (unpaired) electrons. The fourth-order valence-corrected chi connectivity index (χ4v) is 2.47. The van der Waals surface area contributed by atoms with Crippen LogP contribution in [-0.2, 0) is 0 Å². The largest absolute Gasteiger partial charge is 0.329 e. The third-order valence-corrected chi connectivity index (χ3v) is 4.41. The molecule has 0 bridgehead atoms. The van der Waals surface area contributed by atoms with Crippen LogP contribution in [0.5, 0.6) is 0 Å². The van der Waals surface area contributed by atoms with Crippen molar-refractivity contribution in [2.75, 3.05) is 20.1 Å². The zero-order valence-electron chi connectivity index (χ0n) is 12.2. The molecule has 1 fully saturated rings. The standard InChI is InChI=1S/C15H32N2/c1-4-5-6-7-8-11-15(2,13-16)17(3)12-14-9-10-14/h14H,4-13,16H2,1-3H3. The Morgan fingerprint density at radius 1 is 1.18 bits per heavy atom. The van der Waals surface area contributed by atoms with E-state index < -0.39 is 0 Å². The lowest BCUT2D eigenvalue weighted by atomic mass is 9.92. The third-order valence-electron chi connectivity index (χ3n) is 4.41. The number of hydrogen-bond donors (Lipinski definition) is 1. The summed E-state index contributed by atoms with van der Waals surface area (Å²) in [5, 5.41) is 0. The van der Waals surface area contributed by atoms with Gasteiger partial charge in [0.05, 0.1) is 0 Å². The van der Waals surface area contributed by atoms with Crippen LogP contribution in [-0.4, -0.2) is 30.6 Å². The molecule has 0 amide bonds. The highest BCUT2D eigenvalue weighted by atomic mass is 15.2. The number of nitrogens with two attached hydrogens (primary N) is 1. The van der Waals surface area contributed by atoms with Gasteiger partial charge in [0.2, 0.25) is 0 Å². The van der Waals surface area contributed by atoms with Gasteiger partial charge in [0.25, 0.3) is 0 Å². The van der Waals surface area contributed by atoms with Gasteiger partial charge in [0.1, 0.15) is 0 Å². The minimum absolute atomic E-state index is 0.231. The summed E-state index contributed by atoms with van der Waals surface area (Å²) in [7, 11) is 2.26. The van der Waals surface area contributed by atoms with Crippen LogP contribution in [0.3, 0.4) is 0 Å². The fourth-order valence-electron chi connectivity index (χ4n) is 2.47. The average molecular weight is 240 g/mol. The van der Waals surface area contributed by atoms with Crippen molar-refractivity contribution in [1.82, 2.24) is 4.90 Å². The Balaban J connectivity index is 2.22. The first-order chi connectivity index (χ1) is 8.12. The normalized spacial score (nSPS) is 19.6. The van der Waals surface area contributed by atoms with Crippen molar-refractivity contribution in [2.45, 2.75) is 70.8 Å². The predicted octanol–water partition coefficient (Wildman–Crippen LogP) is 3.41. The quantitative estimate of drug-likeness (QED) is 0.593. The molecule has 0 aromatic heterocycles. The fraction of sp³-hybridized carbons (Fsp3) is 1.00. The van der Waals surface area contributed by atoms with Gasteiger partial charge in [-0.2, -0.15) is 0 Å². The first-order valence-corrected chi connectivity index (χ1v) is 7.53. The first-order valence-electron chi connectivity index (χ1n) is 7.53. The molecule has 0 heterocycles. The second-order valence-electron chi connectivity index (χ2n) is 6.19. The summed E-state index contributed by atoms with van der Waals surface area (Å²) in [6, 6.07) is 0. The maximum absolute atomic E-state index is 6.00. The van der Waals surface area contributed by atoms with Gasteiger partial charge < -0.3 is 5.73 Å². The van der Waals surface area contributed by atoms with E-state index in [2.05, 4.69) is 25.8 Å². The highest BCUT2D eigenvalue weighted by Gasteiger charge is 2.31. The predicted molar refractivity (Wildman–Crippen MR) is 76.2 cm³/mol. The number of likely N-dealkylation sites (N-methyl/N-ethyl adjacent to an activating group) is 1. The highest BCUT2D eigenvalue weighted by molar-refractivity contribution is 4.88. The zero-order chi connectivity index (χ0) is 12.7. The number of nitrogens with zero attached hydrogens (tertiary/aromatic N) is 1. The van der Waals surface area contributed by atoms with Crippen molar-refractivity contribution in [1.29, 1.82) is 0 Å². The number of hydrogen-bond acceptors (Lipinski definition) is 2. The Morgan fingerprint density at radius 3 is 2.35 bits per heavy atom. The van der Waals surface area contributed by atoms with Crippen molar-refractivity contribution >= 4 is 0 Å². The van der Waals surface area contributed by atoms with Gasteiger partial charge in [-0.25, -0.2) is 0 Å². The van der Waals surface area contributed by atoms with Crippen LogP contribution in [0.25, 0.3) is 0 Å². The molecule has 2 heteroatoms. The van der Waals surface area contributed by atoms with E-state index in [0.717, 1.165) is 12.5 Å². The minimum atomic E-state index is 0.231. The summed E-state index contributed by atoms with van der Waals surface area (Å²) in [5.74, 6) is 0.964. The van der Waals surface area contributed by atoms with Gasteiger partial charge in [-0.3, -0.25) is 4.90 Å². The highest BCUT2D eigenvalue weighted by Crippen LogP contribution is 2.32. The molecule has 2 nitrogen and oxygen atoms in total. The topological polar surface area (TPSA) is 29.3 Å². The Labute approximate surface area is 108 Å². The molecule has 2 N–H and O–H groups in total. The number of rotatable bonds is 10. The Morgan fingerprint density at radius 2 is 1.82 bits per heavy atom. The molecular weight excluding hydrogens is 208 g/mol. The first kappa shape index (κ1) is 15.0. The van der Waals surface area contributed by atoms with Crippen molar-refractivity contribution in [3.8, 4) is 0 Å². The second-order valence-corrected chi connectivity index (χ2v) is 6.19. The molecule has 1 aliphatic rings. The van der Waals surface area contributed by atoms with Crippen LogP contribution in [0.1, 0.15) is 65.2 Å². The van der Waals surface area contributed by atoms with Crippen molar-refractivity contribution in [3.05, 3.63) is 0 Å². The maximum Gasteiger partial charge on any atom is 0.0300 e. The van der Waals surface area contributed by atoms with Crippen LogP contribution in [0, 0.1) is 5.92 Å². The summed E-state index contributed by atoms with van der Waals surface area (Å²) >= 11 is 0. The lowest BCUT2D eigenvalue weighted by molar-refractivity contribution is 0.124. The molecule has 102 valence electrons. The van der Waals surface area contributed by atoms with Gasteiger partial charge in [0, 0.05) is 18.6 Å². The summed E-state index contributed by atoms with van der Waals surface area (Å²) in [4.78, 5) is 2.52. The molecule has 0 saturated heterocycles. The summed E-state index contributed by atoms with van der Waals surface area (Å²) in [6.07, 6.45) is 10.9. The summed E-state index contributed by atoms with van der Waals surface area (Å²) in [6.45, 7) is 6.66. The van der Waals surface area contributed by atoms with Crippen LogP contribution in [0.4, 0.5) is 0 Å². The van der Waals surface area contributed by atoms with E-state index in [1.54, 1.807) is 0 Å². The monoisotopic (exact) mass is 240 g/mol. The summed E-state index contributed by atoms with van der Waals surface area (Å²) < 4.78 is 0. The van der Waals surface area contributed by atoms with Gasteiger partial charge in [-0.05, 0) is 39.2 Å². The molecule has 1 aliphatic carbocycles. The molecule has 0 aliphatic heterocycles. The Hall–Kier alpha value is -0.0800. The Bertz CT molecular complexity index is 201. The molecule has 0 aromatic carbocycles. The van der Waals surface area contributed by atoms with Gasteiger partial charge in [-0.1, -0.05) is 39.0 Å².